The third-order valence-corrected chi connectivity index (χ3v) is 4.98. The van der Waals surface area contributed by atoms with Gasteiger partial charge in [-0.05, 0) is 31.9 Å². The minimum absolute atomic E-state index is 0.358. The van der Waals surface area contributed by atoms with Crippen molar-refractivity contribution >= 4 is 27.3 Å². The molecule has 4 heteroatoms. The summed E-state index contributed by atoms with van der Waals surface area (Å²) in [4.78, 5) is 4.82. The normalized spacial score (nSPS) is 23.5. The molecule has 3 rings (SSSR count). The summed E-state index contributed by atoms with van der Waals surface area (Å²) in [7, 11) is 0. The molecule has 100 valence electrons. The van der Waals surface area contributed by atoms with Crippen molar-refractivity contribution in [1.29, 1.82) is 0 Å². The van der Waals surface area contributed by atoms with Crippen LogP contribution in [0.1, 0.15) is 30.7 Å². The number of benzene rings is 1. The molecule has 0 amide bonds. The number of rotatable bonds is 2. The van der Waals surface area contributed by atoms with E-state index in [1.165, 1.54) is 10.6 Å². The van der Waals surface area contributed by atoms with Crippen LogP contribution in [0.3, 0.4) is 0 Å². The lowest BCUT2D eigenvalue weighted by atomic mass is 9.97. The van der Waals surface area contributed by atoms with Gasteiger partial charge >= 0.3 is 0 Å². The molecular weight excluding hydrogens is 322 g/mol. The summed E-state index contributed by atoms with van der Waals surface area (Å²) < 4.78 is 6.70. The van der Waals surface area contributed by atoms with Crippen LogP contribution >= 0.6 is 27.3 Å². The highest BCUT2D eigenvalue weighted by molar-refractivity contribution is 9.10. The fourth-order valence-electron chi connectivity index (χ4n) is 2.48. The molecule has 0 unspecified atom stereocenters. The van der Waals surface area contributed by atoms with Crippen LogP contribution in [0.15, 0.2) is 34.1 Å². The summed E-state index contributed by atoms with van der Waals surface area (Å²) in [5.74, 6) is 0.564. The number of ether oxygens (including phenoxy) is 1. The fourth-order valence-corrected chi connectivity index (χ4v) is 3.86. The van der Waals surface area contributed by atoms with E-state index in [9.17, 15) is 0 Å². The van der Waals surface area contributed by atoms with Gasteiger partial charge in [0.1, 0.15) is 0 Å². The van der Waals surface area contributed by atoms with Gasteiger partial charge in [-0.15, -0.1) is 11.3 Å². The van der Waals surface area contributed by atoms with Crippen LogP contribution in [-0.2, 0) is 4.74 Å². The van der Waals surface area contributed by atoms with Gasteiger partial charge in [0.15, 0.2) is 0 Å². The van der Waals surface area contributed by atoms with E-state index in [0.717, 1.165) is 29.6 Å². The predicted molar refractivity (Wildman–Crippen MR) is 82.6 cm³/mol. The first-order chi connectivity index (χ1) is 9.22. The molecule has 1 fully saturated rings. The van der Waals surface area contributed by atoms with Gasteiger partial charge in [-0.1, -0.05) is 28.1 Å². The van der Waals surface area contributed by atoms with Crippen LogP contribution in [0.2, 0.25) is 0 Å². The van der Waals surface area contributed by atoms with E-state index in [1.807, 2.05) is 6.07 Å². The minimum atomic E-state index is 0.358. The Morgan fingerprint density at radius 1 is 1.42 bits per heavy atom. The van der Waals surface area contributed by atoms with Crippen molar-refractivity contribution in [2.24, 2.45) is 0 Å². The Morgan fingerprint density at radius 3 is 3.11 bits per heavy atom. The number of hydrogen-bond donors (Lipinski definition) is 0. The molecule has 1 aromatic heterocycles. The van der Waals surface area contributed by atoms with Gasteiger partial charge in [-0.2, -0.15) is 0 Å². The molecule has 1 aliphatic rings. The lowest BCUT2D eigenvalue weighted by Crippen LogP contribution is -2.21. The Morgan fingerprint density at radius 2 is 2.32 bits per heavy atom. The van der Waals surface area contributed by atoms with E-state index < -0.39 is 0 Å². The molecule has 0 saturated carbocycles. The second-order valence-corrected chi connectivity index (χ2v) is 6.79. The predicted octanol–water partition coefficient (Wildman–Crippen LogP) is 4.86. The molecule has 0 spiro atoms. The van der Waals surface area contributed by atoms with Crippen molar-refractivity contribution in [3.05, 3.63) is 39.1 Å². The maximum Gasteiger partial charge on any atom is 0.0965 e. The first-order valence-corrected chi connectivity index (χ1v) is 8.22. The van der Waals surface area contributed by atoms with E-state index >= 15 is 0 Å². The van der Waals surface area contributed by atoms with Crippen molar-refractivity contribution in [1.82, 2.24) is 4.98 Å². The summed E-state index contributed by atoms with van der Waals surface area (Å²) in [6, 6.07) is 8.31. The molecule has 1 saturated heterocycles. The Labute approximate surface area is 126 Å². The maximum absolute atomic E-state index is 5.61. The molecule has 0 radical (unpaired) electrons. The number of thiazole rings is 1. The molecule has 2 nitrogen and oxygen atoms in total. The van der Waals surface area contributed by atoms with Crippen LogP contribution in [-0.4, -0.2) is 17.7 Å². The Balaban J connectivity index is 1.83. The SMILES string of the molecule is C[C@@H]1C[C@@H](c2nc(-c3cccc(Br)c3)cs2)CCO1. The average Bonchev–Trinajstić information content (AvgIpc) is 2.88. The van der Waals surface area contributed by atoms with Gasteiger partial charge in [-0.3, -0.25) is 0 Å². The third-order valence-electron chi connectivity index (χ3n) is 3.48. The highest BCUT2D eigenvalue weighted by Crippen LogP contribution is 2.34. The van der Waals surface area contributed by atoms with Gasteiger partial charge < -0.3 is 4.74 Å². The quantitative estimate of drug-likeness (QED) is 0.780. The van der Waals surface area contributed by atoms with Gasteiger partial charge in [-0.25, -0.2) is 4.98 Å². The van der Waals surface area contributed by atoms with Crippen LogP contribution in [0.4, 0.5) is 0 Å². The zero-order valence-corrected chi connectivity index (χ0v) is 13.2. The zero-order chi connectivity index (χ0) is 13.2. The number of nitrogens with zero attached hydrogens (tertiary/aromatic N) is 1. The summed E-state index contributed by atoms with van der Waals surface area (Å²) in [5.41, 5.74) is 2.26. The van der Waals surface area contributed by atoms with Crippen molar-refractivity contribution in [2.75, 3.05) is 6.61 Å². The molecule has 19 heavy (non-hydrogen) atoms. The molecular formula is C15H16BrNOS. The number of halogens is 1. The number of hydrogen-bond acceptors (Lipinski definition) is 3. The standard InChI is InChI=1S/C15H16BrNOS/c1-10-7-12(5-6-18-10)15-17-14(9-19-15)11-3-2-4-13(16)8-11/h2-4,8-10,12H,5-7H2,1H3/t10-,12+/m1/s1. The van der Waals surface area contributed by atoms with Gasteiger partial charge in [0.2, 0.25) is 0 Å². The fraction of sp³-hybridized carbons (Fsp3) is 0.400. The zero-order valence-electron chi connectivity index (χ0n) is 10.8. The molecule has 2 aromatic rings. The number of aromatic nitrogens is 1. The second-order valence-electron chi connectivity index (χ2n) is 4.98. The summed E-state index contributed by atoms with van der Waals surface area (Å²) in [5, 5.41) is 3.42. The van der Waals surface area contributed by atoms with Crippen molar-refractivity contribution in [2.45, 2.75) is 31.8 Å². The molecule has 1 aliphatic heterocycles. The Kier molecular flexibility index (Phi) is 4.01. The lowest BCUT2D eigenvalue weighted by molar-refractivity contribution is 0.0186. The summed E-state index contributed by atoms with van der Waals surface area (Å²) in [6.45, 7) is 3.01. The molecule has 0 aliphatic carbocycles. The first-order valence-electron chi connectivity index (χ1n) is 6.55. The largest absolute Gasteiger partial charge is 0.378 e. The molecule has 2 heterocycles. The molecule has 0 N–H and O–H groups in total. The lowest BCUT2D eigenvalue weighted by Gasteiger charge is -2.25. The first kappa shape index (κ1) is 13.3. The van der Waals surface area contributed by atoms with E-state index in [4.69, 9.17) is 9.72 Å². The summed E-state index contributed by atoms with van der Waals surface area (Å²) in [6.07, 6.45) is 2.54. The topological polar surface area (TPSA) is 22.1 Å². The van der Waals surface area contributed by atoms with Crippen LogP contribution in [0.25, 0.3) is 11.3 Å². The van der Waals surface area contributed by atoms with Gasteiger partial charge in [0.05, 0.1) is 16.8 Å². The van der Waals surface area contributed by atoms with Crippen LogP contribution < -0.4 is 0 Å². The van der Waals surface area contributed by atoms with Crippen molar-refractivity contribution < 1.29 is 4.74 Å². The minimum Gasteiger partial charge on any atom is -0.378 e. The van der Waals surface area contributed by atoms with Gasteiger partial charge in [0, 0.05) is 27.9 Å². The van der Waals surface area contributed by atoms with E-state index in [1.54, 1.807) is 11.3 Å². The van der Waals surface area contributed by atoms with E-state index in [2.05, 4.69) is 46.4 Å². The smallest absolute Gasteiger partial charge is 0.0965 e. The van der Waals surface area contributed by atoms with Crippen molar-refractivity contribution in [3.63, 3.8) is 0 Å². The van der Waals surface area contributed by atoms with E-state index in [0.29, 0.717) is 12.0 Å². The molecule has 0 bridgehead atoms. The Bertz CT molecular complexity index is 569. The average molecular weight is 338 g/mol. The highest BCUT2D eigenvalue weighted by atomic mass is 79.9. The maximum atomic E-state index is 5.61. The molecule has 2 atom stereocenters. The highest BCUT2D eigenvalue weighted by Gasteiger charge is 2.23. The second kappa shape index (κ2) is 5.73. The van der Waals surface area contributed by atoms with Gasteiger partial charge in [0.25, 0.3) is 0 Å². The summed E-state index contributed by atoms with van der Waals surface area (Å²) >= 11 is 5.29. The van der Waals surface area contributed by atoms with Crippen LogP contribution in [0, 0.1) is 0 Å². The van der Waals surface area contributed by atoms with Crippen molar-refractivity contribution in [3.8, 4) is 11.3 Å². The van der Waals surface area contributed by atoms with E-state index in [-0.39, 0.29) is 0 Å². The van der Waals surface area contributed by atoms with Crippen LogP contribution in [0.5, 0.6) is 0 Å². The molecule has 1 aromatic carbocycles. The Hall–Kier alpha value is -0.710. The monoisotopic (exact) mass is 337 g/mol. The third kappa shape index (κ3) is 3.07.